The van der Waals surface area contributed by atoms with E-state index in [1.165, 1.54) is 18.2 Å². The Bertz CT molecular complexity index is 737. The van der Waals surface area contributed by atoms with Crippen LogP contribution >= 0.6 is 11.3 Å². The van der Waals surface area contributed by atoms with Gasteiger partial charge in [0.2, 0.25) is 5.88 Å². The van der Waals surface area contributed by atoms with E-state index >= 15 is 0 Å². The molecule has 4 nitrogen and oxygen atoms in total. The number of thiophene rings is 1. The quantitative estimate of drug-likeness (QED) is 0.797. The Morgan fingerprint density at radius 2 is 2.20 bits per heavy atom. The van der Waals surface area contributed by atoms with Crippen LogP contribution in [0.2, 0.25) is 0 Å². The molecule has 0 aliphatic rings. The van der Waals surface area contributed by atoms with Gasteiger partial charge in [0.15, 0.2) is 0 Å². The molecule has 1 amide bonds. The number of hydrogen-bond donors (Lipinski definition) is 1. The molecule has 1 N–H and O–H groups in total. The number of carbonyl (C=O) groups excluding carboxylic acids is 1. The number of nitrogens with zero attached hydrogens (tertiary/aromatic N) is 1. The largest absolute Gasteiger partial charge is 0.338 e. The molecular weight excluding hydrogens is 279 g/mol. The Balaban J connectivity index is 1.77. The van der Waals surface area contributed by atoms with Gasteiger partial charge in [0, 0.05) is 22.6 Å². The molecule has 0 atom stereocenters. The number of halogens is 1. The Morgan fingerprint density at radius 3 is 2.95 bits per heavy atom. The molecule has 0 spiro atoms. The molecule has 0 bridgehead atoms. The van der Waals surface area contributed by atoms with Crippen LogP contribution in [0.4, 0.5) is 10.3 Å². The summed E-state index contributed by atoms with van der Waals surface area (Å²) < 4.78 is 18.1. The zero-order valence-corrected chi connectivity index (χ0v) is 11.0. The van der Waals surface area contributed by atoms with E-state index in [4.69, 9.17) is 4.52 Å². The lowest BCUT2D eigenvalue weighted by Gasteiger charge is -2.00. The lowest BCUT2D eigenvalue weighted by atomic mass is 10.2. The zero-order valence-electron chi connectivity index (χ0n) is 10.2. The summed E-state index contributed by atoms with van der Waals surface area (Å²) in [7, 11) is 0. The van der Waals surface area contributed by atoms with Crippen molar-refractivity contribution in [1.29, 1.82) is 0 Å². The Kier molecular flexibility index (Phi) is 3.30. The number of carbonyl (C=O) groups is 1. The first-order valence-corrected chi connectivity index (χ1v) is 6.73. The Labute approximate surface area is 117 Å². The van der Waals surface area contributed by atoms with Crippen molar-refractivity contribution >= 4 is 23.1 Å². The predicted octanol–water partition coefficient (Wildman–Crippen LogP) is 3.79. The number of hydrogen-bond acceptors (Lipinski definition) is 4. The van der Waals surface area contributed by atoms with Crippen molar-refractivity contribution in [3.05, 3.63) is 58.5 Å². The van der Waals surface area contributed by atoms with Crippen LogP contribution < -0.4 is 5.32 Å². The molecule has 0 fully saturated rings. The van der Waals surface area contributed by atoms with Crippen LogP contribution in [0.5, 0.6) is 0 Å². The third-order valence-electron chi connectivity index (χ3n) is 2.65. The van der Waals surface area contributed by atoms with E-state index in [0.29, 0.717) is 5.69 Å². The van der Waals surface area contributed by atoms with Crippen molar-refractivity contribution < 1.29 is 13.7 Å². The van der Waals surface area contributed by atoms with Crippen molar-refractivity contribution in [2.75, 3.05) is 5.32 Å². The van der Waals surface area contributed by atoms with Crippen molar-refractivity contribution in [2.24, 2.45) is 0 Å². The number of anilines is 1. The highest BCUT2D eigenvalue weighted by atomic mass is 32.1. The Hall–Kier alpha value is -2.47. The van der Waals surface area contributed by atoms with Gasteiger partial charge in [-0.25, -0.2) is 4.39 Å². The van der Waals surface area contributed by atoms with Gasteiger partial charge < -0.3 is 4.52 Å². The lowest BCUT2D eigenvalue weighted by molar-refractivity contribution is 0.102. The molecule has 0 unspecified atom stereocenters. The fourth-order valence-corrected chi connectivity index (χ4v) is 2.34. The minimum atomic E-state index is -0.464. The first-order chi connectivity index (χ1) is 9.72. The minimum Gasteiger partial charge on any atom is -0.338 e. The summed E-state index contributed by atoms with van der Waals surface area (Å²) in [6.07, 6.45) is 0. The third-order valence-corrected chi connectivity index (χ3v) is 3.33. The standard InChI is InChI=1S/C14H9FN2O2S/c15-11-3-1-2-9(6-11)14(18)16-13-7-12(17-19-13)10-4-5-20-8-10/h1-8H,(H,16,18). The maximum atomic E-state index is 13.0. The molecule has 100 valence electrons. The van der Waals surface area contributed by atoms with E-state index in [1.54, 1.807) is 17.4 Å². The molecule has 20 heavy (non-hydrogen) atoms. The minimum absolute atomic E-state index is 0.221. The second kappa shape index (κ2) is 5.26. The zero-order chi connectivity index (χ0) is 13.9. The van der Waals surface area contributed by atoms with Crippen molar-refractivity contribution in [3.63, 3.8) is 0 Å². The van der Waals surface area contributed by atoms with Crippen molar-refractivity contribution in [2.45, 2.75) is 0 Å². The van der Waals surface area contributed by atoms with Gasteiger partial charge in [-0.05, 0) is 29.6 Å². The fraction of sp³-hybridized carbons (Fsp3) is 0. The maximum absolute atomic E-state index is 13.0. The van der Waals surface area contributed by atoms with Gasteiger partial charge >= 0.3 is 0 Å². The number of aromatic nitrogens is 1. The highest BCUT2D eigenvalue weighted by Gasteiger charge is 2.11. The second-order valence-corrected chi connectivity index (χ2v) is 4.83. The van der Waals surface area contributed by atoms with Crippen LogP contribution in [0.1, 0.15) is 10.4 Å². The van der Waals surface area contributed by atoms with Crippen molar-refractivity contribution in [1.82, 2.24) is 5.16 Å². The summed E-state index contributed by atoms with van der Waals surface area (Å²) in [5.74, 6) is -0.688. The van der Waals surface area contributed by atoms with Gasteiger partial charge in [0.05, 0.1) is 0 Å². The molecule has 3 aromatic rings. The van der Waals surface area contributed by atoms with Crippen LogP contribution in [-0.4, -0.2) is 11.1 Å². The molecule has 6 heteroatoms. The number of amides is 1. The molecule has 0 saturated carbocycles. The van der Waals surface area contributed by atoms with Gasteiger partial charge in [0.1, 0.15) is 11.5 Å². The molecule has 0 radical (unpaired) electrons. The highest BCUT2D eigenvalue weighted by molar-refractivity contribution is 7.08. The summed E-state index contributed by atoms with van der Waals surface area (Å²) in [5.41, 5.74) is 1.78. The van der Waals surface area contributed by atoms with Crippen LogP contribution in [0.3, 0.4) is 0 Å². The smallest absolute Gasteiger partial charge is 0.258 e. The van der Waals surface area contributed by atoms with Gasteiger partial charge in [-0.1, -0.05) is 11.2 Å². The van der Waals surface area contributed by atoms with Crippen LogP contribution in [-0.2, 0) is 0 Å². The summed E-state index contributed by atoms with van der Waals surface area (Å²) in [4.78, 5) is 11.9. The SMILES string of the molecule is O=C(Nc1cc(-c2ccsc2)no1)c1cccc(F)c1. The van der Waals surface area contributed by atoms with E-state index in [1.807, 2.05) is 16.8 Å². The van der Waals surface area contributed by atoms with E-state index in [0.717, 1.165) is 11.6 Å². The van der Waals surface area contributed by atoms with Gasteiger partial charge in [-0.15, -0.1) is 0 Å². The monoisotopic (exact) mass is 288 g/mol. The molecule has 0 saturated heterocycles. The summed E-state index contributed by atoms with van der Waals surface area (Å²) >= 11 is 1.55. The van der Waals surface area contributed by atoms with Crippen LogP contribution in [0.15, 0.2) is 51.7 Å². The molecule has 2 heterocycles. The normalized spacial score (nSPS) is 10.4. The maximum Gasteiger partial charge on any atom is 0.258 e. The summed E-state index contributed by atoms with van der Waals surface area (Å²) in [6.45, 7) is 0. The van der Waals surface area contributed by atoms with E-state index in [-0.39, 0.29) is 11.4 Å². The van der Waals surface area contributed by atoms with Crippen LogP contribution in [0.25, 0.3) is 11.3 Å². The summed E-state index contributed by atoms with van der Waals surface area (Å²) in [5, 5.41) is 10.3. The average molecular weight is 288 g/mol. The second-order valence-electron chi connectivity index (χ2n) is 4.05. The topological polar surface area (TPSA) is 55.1 Å². The Morgan fingerprint density at radius 1 is 1.30 bits per heavy atom. The molecule has 0 aliphatic carbocycles. The van der Waals surface area contributed by atoms with Gasteiger partial charge in [-0.3, -0.25) is 10.1 Å². The molecule has 0 aliphatic heterocycles. The lowest BCUT2D eigenvalue weighted by Crippen LogP contribution is -2.11. The van der Waals surface area contributed by atoms with Gasteiger partial charge in [0.25, 0.3) is 5.91 Å². The number of benzene rings is 1. The van der Waals surface area contributed by atoms with E-state index in [9.17, 15) is 9.18 Å². The van der Waals surface area contributed by atoms with Crippen molar-refractivity contribution in [3.8, 4) is 11.3 Å². The molecule has 1 aromatic carbocycles. The number of nitrogens with one attached hydrogen (secondary N) is 1. The third kappa shape index (κ3) is 2.60. The predicted molar refractivity (Wildman–Crippen MR) is 74.2 cm³/mol. The first kappa shape index (κ1) is 12.6. The summed E-state index contributed by atoms with van der Waals surface area (Å²) in [6, 6.07) is 8.96. The highest BCUT2D eigenvalue weighted by Crippen LogP contribution is 2.24. The molecule has 3 rings (SSSR count). The molecular formula is C14H9FN2O2S. The molecule has 2 aromatic heterocycles. The number of rotatable bonds is 3. The van der Waals surface area contributed by atoms with Gasteiger partial charge in [-0.2, -0.15) is 11.3 Å². The van der Waals surface area contributed by atoms with E-state index < -0.39 is 11.7 Å². The first-order valence-electron chi connectivity index (χ1n) is 5.78. The average Bonchev–Trinajstić information content (AvgIpc) is 3.08. The van der Waals surface area contributed by atoms with Crippen LogP contribution in [0, 0.1) is 5.82 Å². The van der Waals surface area contributed by atoms with E-state index in [2.05, 4.69) is 10.5 Å². The fourth-order valence-electron chi connectivity index (χ4n) is 1.69.